The largest absolute Gasteiger partial charge is 0.508 e. The number of amides is 1. The minimum atomic E-state index is -2.70. The molecule has 4 atom stereocenters. The summed E-state index contributed by atoms with van der Waals surface area (Å²) < 4.78 is 5.34. The number of nitrogens with two attached hydrogens (primary N) is 1. The second-order valence-corrected chi connectivity index (χ2v) is 10.8. The number of ether oxygens (including phenoxy) is 1. The highest BCUT2D eigenvalue weighted by Crippen LogP contribution is 2.52. The lowest BCUT2D eigenvalue weighted by Gasteiger charge is -2.50. The van der Waals surface area contributed by atoms with Gasteiger partial charge in [-0.1, -0.05) is 0 Å². The van der Waals surface area contributed by atoms with Gasteiger partial charge in [0.1, 0.15) is 22.8 Å². The van der Waals surface area contributed by atoms with E-state index in [0.29, 0.717) is 31.9 Å². The van der Waals surface area contributed by atoms with Gasteiger partial charge in [-0.3, -0.25) is 29.0 Å². The van der Waals surface area contributed by atoms with Gasteiger partial charge >= 0.3 is 0 Å². The highest BCUT2D eigenvalue weighted by Gasteiger charge is 2.64. The number of hydrogen-bond donors (Lipinski definition) is 5. The molecule has 1 saturated carbocycles. The van der Waals surface area contributed by atoms with Crippen LogP contribution in [0.25, 0.3) is 5.76 Å². The standard InChI is InChI=1S/C27H31N3O9/c1-29(2)21-15-10-12-9-14-13(17(32)11-30-5-7-39-8-6-30)3-4-16(31)19(14)22(33)18(12)24(35)27(15,38)25(36)20(23(21)34)26(28)37/h3-4,12,15,21,31,33,36,38H,5-11H2,1-2H3,(H2,28,37)/t12-,15-,21+,27+/m1/s1. The van der Waals surface area contributed by atoms with E-state index in [-0.39, 0.29) is 47.6 Å². The van der Waals surface area contributed by atoms with Crippen LogP contribution >= 0.6 is 0 Å². The van der Waals surface area contributed by atoms with E-state index >= 15 is 0 Å². The van der Waals surface area contributed by atoms with Crippen molar-refractivity contribution in [3.8, 4) is 5.75 Å². The van der Waals surface area contributed by atoms with Crippen molar-refractivity contribution in [2.75, 3.05) is 46.9 Å². The molecule has 0 aromatic heterocycles. The van der Waals surface area contributed by atoms with Crippen molar-refractivity contribution in [3.63, 3.8) is 0 Å². The highest BCUT2D eigenvalue weighted by atomic mass is 16.5. The third-order valence-corrected chi connectivity index (χ3v) is 8.38. The number of likely N-dealkylation sites (N-methyl/N-ethyl adjacent to an activating group) is 1. The number of morpholine rings is 1. The van der Waals surface area contributed by atoms with E-state index in [1.54, 1.807) is 0 Å². The highest BCUT2D eigenvalue weighted by molar-refractivity contribution is 6.24. The molecule has 1 aromatic rings. The molecule has 1 saturated heterocycles. The summed E-state index contributed by atoms with van der Waals surface area (Å²) >= 11 is 0. The maximum Gasteiger partial charge on any atom is 0.255 e. The molecule has 2 fully saturated rings. The summed E-state index contributed by atoms with van der Waals surface area (Å²) in [7, 11) is 3.07. The van der Waals surface area contributed by atoms with Gasteiger partial charge in [-0.05, 0) is 50.6 Å². The number of fused-ring (bicyclic) bond motifs is 3. The van der Waals surface area contributed by atoms with Gasteiger partial charge in [0.15, 0.2) is 17.2 Å². The molecular formula is C27H31N3O9. The molecule has 208 valence electrons. The molecule has 1 aromatic carbocycles. The number of rotatable bonds is 5. The number of nitrogens with zero attached hydrogens (tertiary/aromatic N) is 2. The number of aliphatic hydroxyl groups is 3. The maximum atomic E-state index is 13.9. The summed E-state index contributed by atoms with van der Waals surface area (Å²) in [5.41, 5.74) is 2.06. The minimum absolute atomic E-state index is 0.0431. The molecule has 1 heterocycles. The monoisotopic (exact) mass is 541 g/mol. The fraction of sp³-hybridized carbons (Fsp3) is 0.481. The van der Waals surface area contributed by atoms with Crippen molar-refractivity contribution in [2.24, 2.45) is 17.6 Å². The van der Waals surface area contributed by atoms with Gasteiger partial charge in [0.2, 0.25) is 5.78 Å². The summed E-state index contributed by atoms with van der Waals surface area (Å²) in [6.07, 6.45) is 0.0195. The number of carbonyl (C=O) groups is 4. The summed E-state index contributed by atoms with van der Waals surface area (Å²) in [5.74, 6) is -7.48. The van der Waals surface area contributed by atoms with Crippen LogP contribution < -0.4 is 5.73 Å². The molecule has 6 N–H and O–H groups in total. The average molecular weight is 542 g/mol. The Morgan fingerprint density at radius 2 is 1.82 bits per heavy atom. The first kappa shape index (κ1) is 27.0. The van der Waals surface area contributed by atoms with Crippen LogP contribution in [0.5, 0.6) is 5.75 Å². The SMILES string of the molecule is CN(C)[C@@H]1C(=O)C(C(N)=O)=C(O)[C@@]2(O)C(=O)C3=C(O)c4c(O)ccc(C(=O)CN5CCOCC5)c4C[C@@H]3C[C@H]12. The first-order valence-electron chi connectivity index (χ1n) is 12.7. The van der Waals surface area contributed by atoms with Crippen molar-refractivity contribution in [3.05, 3.63) is 45.7 Å². The third kappa shape index (κ3) is 3.97. The molecule has 0 radical (unpaired) electrons. The van der Waals surface area contributed by atoms with Gasteiger partial charge in [-0.2, -0.15) is 0 Å². The average Bonchev–Trinajstić information content (AvgIpc) is 2.86. The van der Waals surface area contributed by atoms with Crippen molar-refractivity contribution in [1.29, 1.82) is 0 Å². The second-order valence-electron chi connectivity index (χ2n) is 10.8. The van der Waals surface area contributed by atoms with Crippen molar-refractivity contribution in [2.45, 2.75) is 24.5 Å². The second kappa shape index (κ2) is 9.56. The van der Waals surface area contributed by atoms with E-state index in [0.717, 1.165) is 0 Å². The van der Waals surface area contributed by atoms with Crippen LogP contribution in [0, 0.1) is 11.8 Å². The maximum absolute atomic E-state index is 13.9. The van der Waals surface area contributed by atoms with E-state index in [2.05, 4.69) is 0 Å². The molecule has 3 aliphatic carbocycles. The van der Waals surface area contributed by atoms with Crippen LogP contribution in [0.1, 0.15) is 27.9 Å². The number of hydrogen-bond acceptors (Lipinski definition) is 11. The first-order chi connectivity index (χ1) is 18.4. The predicted octanol–water partition coefficient (Wildman–Crippen LogP) is -0.521. The molecule has 39 heavy (non-hydrogen) atoms. The van der Waals surface area contributed by atoms with Gasteiger partial charge < -0.3 is 30.9 Å². The molecule has 1 amide bonds. The van der Waals surface area contributed by atoms with Crippen LogP contribution in [0.3, 0.4) is 0 Å². The predicted molar refractivity (Wildman–Crippen MR) is 136 cm³/mol. The number of phenolic OH excluding ortho intramolecular Hbond substituents is 1. The quantitative estimate of drug-likeness (QED) is 0.238. The molecule has 4 aliphatic rings. The molecule has 5 rings (SSSR count). The van der Waals surface area contributed by atoms with Crippen LogP contribution in [0.15, 0.2) is 29.0 Å². The van der Waals surface area contributed by atoms with Gasteiger partial charge in [0, 0.05) is 30.1 Å². The van der Waals surface area contributed by atoms with Crippen LogP contribution in [0.2, 0.25) is 0 Å². The Hall–Kier alpha value is -3.58. The van der Waals surface area contributed by atoms with Crippen LogP contribution in [0.4, 0.5) is 0 Å². The Morgan fingerprint density at radius 1 is 1.15 bits per heavy atom. The Labute approximate surface area is 223 Å². The van der Waals surface area contributed by atoms with Crippen LogP contribution in [-0.2, 0) is 25.5 Å². The molecule has 12 heteroatoms. The lowest BCUT2D eigenvalue weighted by atomic mass is 9.57. The number of aromatic hydroxyl groups is 1. The number of benzene rings is 1. The lowest BCUT2D eigenvalue weighted by molar-refractivity contribution is -0.153. The molecule has 0 spiro atoms. The zero-order valence-electron chi connectivity index (χ0n) is 21.6. The fourth-order valence-corrected chi connectivity index (χ4v) is 6.55. The number of carbonyl (C=O) groups excluding carboxylic acids is 4. The van der Waals surface area contributed by atoms with E-state index < -0.39 is 58.0 Å². The summed E-state index contributed by atoms with van der Waals surface area (Å²) in [4.78, 5) is 55.8. The zero-order chi connectivity index (χ0) is 28.4. The van der Waals surface area contributed by atoms with Crippen molar-refractivity contribution in [1.82, 2.24) is 9.80 Å². The van der Waals surface area contributed by atoms with Gasteiger partial charge in [0.05, 0.1) is 31.4 Å². The normalized spacial score (nSPS) is 29.3. The topological polar surface area (TPSA) is 191 Å². The molecule has 12 nitrogen and oxygen atoms in total. The molecular weight excluding hydrogens is 510 g/mol. The van der Waals surface area contributed by atoms with Crippen molar-refractivity contribution < 1.29 is 44.3 Å². The van der Waals surface area contributed by atoms with Gasteiger partial charge in [0.25, 0.3) is 5.91 Å². The summed E-state index contributed by atoms with van der Waals surface area (Å²) in [6.45, 7) is 2.29. The van der Waals surface area contributed by atoms with Gasteiger partial charge in [-0.15, -0.1) is 0 Å². The Balaban J connectivity index is 1.63. The Bertz CT molecular complexity index is 1360. The number of ketones is 3. The Kier molecular flexibility index (Phi) is 6.62. The van der Waals surface area contributed by atoms with E-state index in [4.69, 9.17) is 10.5 Å². The van der Waals surface area contributed by atoms with Crippen molar-refractivity contribution >= 4 is 29.0 Å². The zero-order valence-corrected chi connectivity index (χ0v) is 21.6. The first-order valence-corrected chi connectivity index (χ1v) is 12.7. The number of primary amides is 1. The molecule has 0 unspecified atom stereocenters. The van der Waals surface area contributed by atoms with E-state index in [1.165, 1.54) is 31.1 Å². The molecule has 0 bridgehead atoms. The molecule has 1 aliphatic heterocycles. The third-order valence-electron chi connectivity index (χ3n) is 8.38. The Morgan fingerprint density at radius 3 is 2.44 bits per heavy atom. The van der Waals surface area contributed by atoms with Crippen LogP contribution in [-0.4, -0.2) is 112 Å². The van der Waals surface area contributed by atoms with Gasteiger partial charge in [-0.25, -0.2) is 0 Å². The minimum Gasteiger partial charge on any atom is -0.508 e. The van der Waals surface area contributed by atoms with E-state index in [1.807, 2.05) is 4.90 Å². The van der Waals surface area contributed by atoms with E-state index in [9.17, 15) is 39.6 Å². The smallest absolute Gasteiger partial charge is 0.255 e. The number of Topliss-reactive ketones (excluding diaryl/α,β-unsaturated/α-hetero) is 3. The number of phenols is 1. The summed E-state index contributed by atoms with van der Waals surface area (Å²) in [6, 6.07) is 1.57. The number of aliphatic hydroxyl groups excluding tert-OH is 2. The fourth-order valence-electron chi connectivity index (χ4n) is 6.55. The lowest BCUT2D eigenvalue weighted by Crippen LogP contribution is -2.65. The summed E-state index contributed by atoms with van der Waals surface area (Å²) in [5, 5.41) is 44.5.